The predicted molar refractivity (Wildman–Crippen MR) is 314 cm³/mol. The van der Waals surface area contributed by atoms with Crippen molar-refractivity contribution in [1.82, 2.24) is 0 Å². The van der Waals surface area contributed by atoms with Crippen molar-refractivity contribution in [3.63, 3.8) is 0 Å². The predicted octanol–water partition coefficient (Wildman–Crippen LogP) is -5.45. The molecule has 0 amide bonds. The van der Waals surface area contributed by atoms with Crippen LogP contribution in [0.15, 0.2) is 243 Å². The van der Waals surface area contributed by atoms with E-state index in [2.05, 4.69) is 194 Å². The van der Waals surface area contributed by atoms with Crippen molar-refractivity contribution < 1.29 is 305 Å². The van der Waals surface area contributed by atoms with Crippen LogP contribution in [0.3, 0.4) is 0 Å². The molecule has 0 bridgehead atoms. The van der Waals surface area contributed by atoms with Gasteiger partial charge in [0, 0.05) is 0 Å². The summed E-state index contributed by atoms with van der Waals surface area (Å²) in [6.45, 7) is 0. The minimum Gasteiger partial charge on any atom is -0.854 e. The Morgan fingerprint density at radius 1 is 0.168 bits per heavy atom. The summed E-state index contributed by atoms with van der Waals surface area (Å²) in [6, 6.07) is 83.1. The standard InChI is InChI=1S/4C12H10.8HO3P.4O3P.5Zr/c4*1-3-7-11(8-4-1)12-9-5-2-6-10-12;12*1-4(2)3;;;;;/h4*1-10H;8*(H,1,2,3);;;;;;;;;/q;;;;;;;;;;;;4*-3;5*+4. The van der Waals surface area contributed by atoms with E-state index in [1.807, 2.05) is 48.5 Å². The largest absolute Gasteiger partial charge is 4.00 e. The van der Waals surface area contributed by atoms with Crippen LogP contribution in [0.5, 0.6) is 0 Å². The molecular formula is C48H48O36P12Zr5+8. The van der Waals surface area contributed by atoms with Gasteiger partial charge in [-0.3, -0.25) is 0 Å². The summed E-state index contributed by atoms with van der Waals surface area (Å²) in [5.74, 6) is 0. The smallest absolute Gasteiger partial charge is 0.854 e. The van der Waals surface area contributed by atoms with Crippen LogP contribution in [0, 0.1) is 0 Å². The van der Waals surface area contributed by atoms with Gasteiger partial charge in [0.2, 0.25) is 0 Å². The zero-order valence-electron chi connectivity index (χ0n) is 50.0. The Balaban J connectivity index is -0.0000000764. The van der Waals surface area contributed by atoms with E-state index in [-0.39, 0.29) is 131 Å². The first-order valence-electron chi connectivity index (χ1n) is 23.0. The second-order valence-corrected chi connectivity index (χ2v) is 19.3. The monoisotopic (exact) mass is 2020 g/mol. The number of hydrogen-bond acceptors (Lipinski definition) is 28. The van der Waals surface area contributed by atoms with E-state index in [0.717, 1.165) is 0 Å². The van der Waals surface area contributed by atoms with Crippen molar-refractivity contribution in [2.45, 2.75) is 0 Å². The Morgan fingerprint density at radius 3 is 0.248 bits per heavy atom. The van der Waals surface area contributed by atoms with Gasteiger partial charge in [0.05, 0.1) is 0 Å². The van der Waals surface area contributed by atoms with E-state index in [1.165, 1.54) is 44.5 Å². The third kappa shape index (κ3) is 150. The second-order valence-electron chi connectivity index (χ2n) is 13.7. The van der Waals surface area contributed by atoms with Crippen LogP contribution in [0.4, 0.5) is 0 Å². The Hall–Kier alpha value is -0.424. The average molecular weight is 2030 g/mol. The van der Waals surface area contributed by atoms with Gasteiger partial charge in [-0.25, -0.2) is 0 Å². The third-order valence-electron chi connectivity index (χ3n) is 7.52. The van der Waals surface area contributed by atoms with Crippen LogP contribution < -0.4 is 97.9 Å². The first-order valence-corrected chi connectivity index (χ1v) is 36.4. The molecule has 8 rings (SSSR count). The molecule has 0 aliphatic carbocycles. The Morgan fingerprint density at radius 2 is 0.208 bits per heavy atom. The van der Waals surface area contributed by atoms with E-state index in [1.54, 1.807) is 0 Å². The van der Waals surface area contributed by atoms with E-state index in [0.29, 0.717) is 0 Å². The van der Waals surface area contributed by atoms with Gasteiger partial charge >= 0.3 is 197 Å². The first-order chi connectivity index (χ1) is 44.6. The molecule has 8 aromatic rings. The molecular weight excluding hydrogens is 1980 g/mol. The molecule has 8 unspecified atom stereocenters. The molecule has 528 valence electrons. The van der Waals surface area contributed by atoms with Crippen LogP contribution in [0.25, 0.3) is 44.5 Å². The fraction of sp³-hybridized carbons (Fsp3) is 0. The number of hydrogen-bond donors (Lipinski definition) is 8. The summed E-state index contributed by atoms with van der Waals surface area (Å²) in [7, 11) is -38.4. The molecule has 0 aliphatic heterocycles. The molecule has 0 saturated carbocycles. The van der Waals surface area contributed by atoms with Gasteiger partial charge in [-0.2, -0.15) is 39.1 Å². The molecule has 0 spiro atoms. The van der Waals surface area contributed by atoms with Gasteiger partial charge in [-0.15, -0.1) is 0 Å². The molecule has 0 heterocycles. The maximum absolute atomic E-state index is 8.59. The number of rotatable bonds is 4. The van der Waals surface area contributed by atoms with Crippen molar-refractivity contribution in [3.05, 3.63) is 243 Å². The minimum atomic E-state index is -3.37. The molecule has 8 atom stereocenters. The van der Waals surface area contributed by atoms with Gasteiger partial charge in [0.1, 0.15) is 0 Å². The molecule has 0 aliphatic rings. The maximum atomic E-state index is 8.59. The summed E-state index contributed by atoms with van der Waals surface area (Å²) >= 11 is 0. The van der Waals surface area contributed by atoms with Crippen LogP contribution in [-0.4, -0.2) is 39.1 Å². The van der Waals surface area contributed by atoms with Crippen molar-refractivity contribution in [1.29, 1.82) is 0 Å². The normalized spacial score (nSPS) is 9.50. The average Bonchev–Trinajstić information content (AvgIpc) is 0.924. The van der Waals surface area contributed by atoms with Gasteiger partial charge in [0.25, 0.3) is 0 Å². The maximum Gasteiger partial charge on any atom is 4.00 e. The van der Waals surface area contributed by atoms with Crippen molar-refractivity contribution in [3.8, 4) is 44.5 Å². The summed E-state index contributed by atoms with van der Waals surface area (Å²) in [5.41, 5.74) is 10.2. The van der Waals surface area contributed by atoms with Crippen LogP contribution >= 0.6 is 100 Å². The molecule has 0 aromatic heterocycles. The van der Waals surface area contributed by atoms with E-state index in [9.17, 15) is 0 Å². The second kappa shape index (κ2) is 97.6. The van der Waals surface area contributed by atoms with Gasteiger partial charge in [-0.05, 0) is 81.0 Å². The SMILES string of the molecule is O=[P+]([O-])O.O=[P+]([O-])O.O=[P+]([O-])O.O=[P+]([O-])O.O=[P+]([O-])O.O=[P+]([O-])O.O=[P+]([O-])O.O=[P+]([O-])O.[O-]P([O-])[O-].[O-]P([O-])[O-].[O-]P([O-])[O-].[O-]P([O-])[O-].[Zr+4].[Zr+4].[Zr+4].[Zr+4].[Zr+4].c1ccc(-c2ccccc2)cc1.c1ccc(-c2ccccc2)cc1.c1ccc(-c2ccccc2)cc1.c1ccc(-c2ccccc2)cc1. The zero-order valence-corrected chi connectivity index (χ0v) is 73.0. The Labute approximate surface area is 684 Å². The van der Waals surface area contributed by atoms with Crippen LogP contribution in [0.2, 0.25) is 0 Å². The third-order valence-corrected chi connectivity index (χ3v) is 7.52. The molecule has 0 saturated heterocycles. The summed E-state index contributed by atoms with van der Waals surface area (Å²) in [5, 5.41) is 0. The van der Waals surface area contributed by atoms with E-state index >= 15 is 0 Å². The minimum absolute atomic E-state index is 0. The fourth-order valence-corrected chi connectivity index (χ4v) is 5.04. The fourth-order valence-electron chi connectivity index (χ4n) is 5.04. The van der Waals surface area contributed by atoms with Gasteiger partial charge in [0.15, 0.2) is 0 Å². The molecule has 8 aromatic carbocycles. The Kier molecular flexibility index (Phi) is 126. The van der Waals surface area contributed by atoms with Crippen molar-refractivity contribution >= 4 is 100 Å². The zero-order chi connectivity index (χ0) is 75.8. The summed E-state index contributed by atoms with van der Waals surface area (Å²) in [4.78, 5) is 227. The van der Waals surface area contributed by atoms with Crippen molar-refractivity contribution in [2.75, 3.05) is 0 Å². The van der Waals surface area contributed by atoms with Gasteiger partial charge < -0.3 is 132 Å². The molecule has 0 fully saturated rings. The van der Waals surface area contributed by atoms with Gasteiger partial charge in [-0.1, -0.05) is 243 Å². The topological polar surface area (TPSA) is 760 Å². The first kappa shape index (κ1) is 130. The molecule has 0 radical (unpaired) electrons. The molecule has 53 heteroatoms. The molecule has 8 N–H and O–H groups in total. The molecule has 101 heavy (non-hydrogen) atoms. The van der Waals surface area contributed by atoms with Crippen LogP contribution in [-0.2, 0) is 168 Å². The van der Waals surface area contributed by atoms with E-state index in [4.69, 9.17) is 174 Å². The number of benzene rings is 8. The Bertz CT molecular complexity index is 2470. The van der Waals surface area contributed by atoms with Crippen molar-refractivity contribution in [2.24, 2.45) is 0 Å². The summed E-state index contributed by atoms with van der Waals surface area (Å²) in [6.07, 6.45) is 0. The van der Waals surface area contributed by atoms with E-state index < -0.39 is 100 Å². The summed E-state index contributed by atoms with van der Waals surface area (Å²) < 4.78 is 68.7. The van der Waals surface area contributed by atoms with Crippen LogP contribution in [0.1, 0.15) is 0 Å². The quantitative estimate of drug-likeness (QED) is 0.0762. The molecule has 36 nitrogen and oxygen atoms in total.